The van der Waals surface area contributed by atoms with Crippen LogP contribution < -0.4 is 15.8 Å². The molecule has 92 valence electrons. The van der Waals surface area contributed by atoms with Crippen LogP contribution in [0.15, 0.2) is 24.3 Å². The molecule has 0 aliphatic rings. The minimum Gasteiger partial charge on any atom is -0.497 e. The Balaban J connectivity index is 2.54. The van der Waals surface area contributed by atoms with E-state index in [-0.39, 0.29) is 18.7 Å². The highest BCUT2D eigenvalue weighted by Crippen LogP contribution is 2.11. The lowest BCUT2D eigenvalue weighted by atomic mass is 10.2. The minimum absolute atomic E-state index is 0.259. The first-order valence-corrected chi connectivity index (χ1v) is 5.01. The summed E-state index contributed by atoms with van der Waals surface area (Å²) in [5, 5.41) is 2.32. The Hall–Kier alpha value is -2.08. The van der Waals surface area contributed by atoms with Gasteiger partial charge in [-0.1, -0.05) is 0 Å². The second kappa shape index (κ2) is 6.49. The zero-order valence-corrected chi connectivity index (χ0v) is 9.43. The SMILES string of the molecule is COc1ccc(C(=O)OC(=O)NCCN)cc1. The normalized spacial score (nSPS) is 9.53. The monoisotopic (exact) mass is 238 g/mol. The Kier molecular flexibility index (Phi) is 4.96. The van der Waals surface area contributed by atoms with E-state index in [2.05, 4.69) is 10.1 Å². The van der Waals surface area contributed by atoms with Crippen molar-refractivity contribution in [3.05, 3.63) is 29.8 Å². The summed E-state index contributed by atoms with van der Waals surface area (Å²) in [5.74, 6) is -0.101. The molecule has 0 spiro atoms. The molecule has 1 amide bonds. The van der Waals surface area contributed by atoms with E-state index in [4.69, 9.17) is 10.5 Å². The van der Waals surface area contributed by atoms with Gasteiger partial charge >= 0.3 is 12.1 Å². The van der Waals surface area contributed by atoms with E-state index in [9.17, 15) is 9.59 Å². The van der Waals surface area contributed by atoms with E-state index in [1.54, 1.807) is 12.1 Å². The van der Waals surface area contributed by atoms with Crippen molar-refractivity contribution >= 4 is 12.1 Å². The number of benzene rings is 1. The number of carbonyl (C=O) groups is 2. The number of nitrogens with two attached hydrogens (primary N) is 1. The van der Waals surface area contributed by atoms with Crippen molar-refractivity contribution < 1.29 is 19.1 Å². The molecular formula is C11H14N2O4. The summed E-state index contributed by atoms with van der Waals surface area (Å²) in [5.41, 5.74) is 5.45. The first-order chi connectivity index (χ1) is 8.17. The van der Waals surface area contributed by atoms with Gasteiger partial charge in [-0.3, -0.25) is 0 Å². The van der Waals surface area contributed by atoms with Crippen molar-refractivity contribution in [1.82, 2.24) is 5.32 Å². The van der Waals surface area contributed by atoms with Crippen LogP contribution in [-0.4, -0.2) is 32.3 Å². The number of carbonyl (C=O) groups excluding carboxylic acids is 2. The molecular weight excluding hydrogens is 224 g/mol. The van der Waals surface area contributed by atoms with Gasteiger partial charge in [0, 0.05) is 13.1 Å². The van der Waals surface area contributed by atoms with Crippen molar-refractivity contribution in [3.8, 4) is 5.75 Å². The number of rotatable bonds is 4. The highest BCUT2D eigenvalue weighted by Gasteiger charge is 2.11. The molecule has 0 saturated heterocycles. The standard InChI is InChI=1S/C11H14N2O4/c1-16-9-4-2-8(3-5-9)10(14)17-11(15)13-7-6-12/h2-5H,6-7,12H2,1H3,(H,13,15). The number of methoxy groups -OCH3 is 1. The lowest BCUT2D eigenvalue weighted by Crippen LogP contribution is -2.31. The summed E-state index contributed by atoms with van der Waals surface area (Å²) in [7, 11) is 1.52. The van der Waals surface area contributed by atoms with Crippen LogP contribution in [0.3, 0.4) is 0 Å². The molecule has 0 radical (unpaired) electrons. The van der Waals surface area contributed by atoms with E-state index in [1.165, 1.54) is 19.2 Å². The predicted octanol–water partition coefficient (Wildman–Crippen LogP) is 0.520. The highest BCUT2D eigenvalue weighted by atomic mass is 16.6. The summed E-state index contributed by atoms with van der Waals surface area (Å²) in [6, 6.07) is 6.23. The Bertz CT molecular complexity index is 389. The van der Waals surface area contributed by atoms with Gasteiger partial charge in [0.1, 0.15) is 5.75 Å². The molecule has 6 heteroatoms. The topological polar surface area (TPSA) is 90.6 Å². The quantitative estimate of drug-likeness (QED) is 0.589. The molecule has 0 atom stereocenters. The Labute approximate surface area is 98.7 Å². The molecule has 0 fully saturated rings. The summed E-state index contributed by atoms with van der Waals surface area (Å²) in [4.78, 5) is 22.5. The molecule has 0 aliphatic carbocycles. The van der Waals surface area contributed by atoms with Gasteiger partial charge in [0.25, 0.3) is 0 Å². The highest BCUT2D eigenvalue weighted by molar-refractivity contribution is 5.96. The molecule has 17 heavy (non-hydrogen) atoms. The average molecular weight is 238 g/mol. The van der Waals surface area contributed by atoms with E-state index in [0.717, 1.165) is 0 Å². The lowest BCUT2D eigenvalue weighted by Gasteiger charge is -2.05. The zero-order valence-electron chi connectivity index (χ0n) is 9.43. The number of esters is 1. The maximum Gasteiger partial charge on any atom is 0.415 e. The molecule has 0 heterocycles. The molecule has 0 bridgehead atoms. The van der Waals surface area contributed by atoms with Crippen LogP contribution in [0.2, 0.25) is 0 Å². The number of ether oxygens (including phenoxy) is 2. The summed E-state index contributed by atoms with van der Waals surface area (Å²) >= 11 is 0. The smallest absolute Gasteiger partial charge is 0.415 e. The third-order valence-corrected chi connectivity index (χ3v) is 1.92. The van der Waals surface area contributed by atoms with E-state index in [1.807, 2.05) is 0 Å². The third-order valence-electron chi connectivity index (χ3n) is 1.92. The van der Waals surface area contributed by atoms with Crippen LogP contribution in [0.4, 0.5) is 4.79 Å². The second-order valence-electron chi connectivity index (χ2n) is 3.12. The molecule has 0 aromatic heterocycles. The lowest BCUT2D eigenvalue weighted by molar-refractivity contribution is 0.0623. The van der Waals surface area contributed by atoms with Gasteiger partial charge in [-0.25, -0.2) is 9.59 Å². The third kappa shape index (κ3) is 4.12. The average Bonchev–Trinajstić information content (AvgIpc) is 2.36. The van der Waals surface area contributed by atoms with E-state index < -0.39 is 12.1 Å². The minimum atomic E-state index is -0.809. The largest absolute Gasteiger partial charge is 0.497 e. The number of hydrogen-bond donors (Lipinski definition) is 2. The van der Waals surface area contributed by atoms with Crippen LogP contribution in [0.1, 0.15) is 10.4 Å². The van der Waals surface area contributed by atoms with Crippen molar-refractivity contribution in [1.29, 1.82) is 0 Å². The maximum absolute atomic E-state index is 11.5. The molecule has 1 aromatic rings. The van der Waals surface area contributed by atoms with Gasteiger partial charge in [0.15, 0.2) is 0 Å². The predicted molar refractivity (Wildman–Crippen MR) is 60.9 cm³/mol. The first-order valence-electron chi connectivity index (χ1n) is 5.01. The van der Waals surface area contributed by atoms with Gasteiger partial charge in [0.05, 0.1) is 12.7 Å². The number of nitrogens with one attached hydrogen (secondary N) is 1. The van der Waals surface area contributed by atoms with Gasteiger partial charge in [0.2, 0.25) is 0 Å². The summed E-state index contributed by atoms with van der Waals surface area (Å²) < 4.78 is 9.46. The molecule has 1 rings (SSSR count). The van der Waals surface area contributed by atoms with Gasteiger partial charge in [-0.15, -0.1) is 0 Å². The Morgan fingerprint density at radius 1 is 1.29 bits per heavy atom. The number of amides is 1. The molecule has 0 unspecified atom stereocenters. The Morgan fingerprint density at radius 3 is 2.47 bits per heavy atom. The second-order valence-corrected chi connectivity index (χ2v) is 3.12. The van der Waals surface area contributed by atoms with E-state index >= 15 is 0 Å². The summed E-state index contributed by atoms with van der Waals surface area (Å²) in [6.45, 7) is 0.542. The zero-order chi connectivity index (χ0) is 12.7. The van der Waals surface area contributed by atoms with Gasteiger partial charge < -0.3 is 20.5 Å². The Morgan fingerprint density at radius 2 is 1.94 bits per heavy atom. The molecule has 0 aliphatic heterocycles. The molecule has 6 nitrogen and oxygen atoms in total. The van der Waals surface area contributed by atoms with Crippen LogP contribution >= 0.6 is 0 Å². The fourth-order valence-corrected chi connectivity index (χ4v) is 1.08. The first kappa shape index (κ1) is 13.0. The fraction of sp³-hybridized carbons (Fsp3) is 0.273. The van der Waals surface area contributed by atoms with Crippen LogP contribution in [0, 0.1) is 0 Å². The van der Waals surface area contributed by atoms with Crippen molar-refractivity contribution in [3.63, 3.8) is 0 Å². The van der Waals surface area contributed by atoms with Crippen molar-refractivity contribution in [2.24, 2.45) is 5.73 Å². The van der Waals surface area contributed by atoms with E-state index in [0.29, 0.717) is 5.75 Å². The van der Waals surface area contributed by atoms with Gasteiger partial charge in [-0.05, 0) is 24.3 Å². The van der Waals surface area contributed by atoms with Crippen molar-refractivity contribution in [2.45, 2.75) is 0 Å². The molecule has 1 aromatic carbocycles. The van der Waals surface area contributed by atoms with Crippen molar-refractivity contribution in [2.75, 3.05) is 20.2 Å². The van der Waals surface area contributed by atoms with Gasteiger partial charge in [-0.2, -0.15) is 0 Å². The molecule has 0 saturated carbocycles. The summed E-state index contributed by atoms with van der Waals surface area (Å²) in [6.07, 6.45) is -0.809. The molecule has 3 N–H and O–H groups in total. The number of alkyl carbamates (subject to hydrolysis) is 1. The van der Waals surface area contributed by atoms with Crippen LogP contribution in [0.5, 0.6) is 5.75 Å². The van der Waals surface area contributed by atoms with Crippen LogP contribution in [0.25, 0.3) is 0 Å². The number of hydrogen-bond acceptors (Lipinski definition) is 5. The maximum atomic E-state index is 11.5. The fourth-order valence-electron chi connectivity index (χ4n) is 1.08. The van der Waals surface area contributed by atoms with Crippen LogP contribution in [-0.2, 0) is 4.74 Å².